The van der Waals surface area contributed by atoms with E-state index in [1.54, 1.807) is 6.08 Å². The van der Waals surface area contributed by atoms with Gasteiger partial charge in [0.25, 0.3) is 0 Å². The predicted octanol–water partition coefficient (Wildman–Crippen LogP) is 1.15. The van der Waals surface area contributed by atoms with Crippen molar-refractivity contribution >= 4 is 28.3 Å². The first-order valence-corrected chi connectivity index (χ1v) is 3.20. The fourth-order valence-corrected chi connectivity index (χ4v) is 0.627. The van der Waals surface area contributed by atoms with E-state index in [0.717, 1.165) is 5.75 Å². The van der Waals surface area contributed by atoms with Crippen molar-refractivity contribution < 1.29 is 21.7 Å². The summed E-state index contributed by atoms with van der Waals surface area (Å²) in [5.41, 5.74) is 5.13. The fraction of sp³-hybridized carbons (Fsp3) is 0.250. The number of hydrogen-bond donors (Lipinski definition) is 1. The molecule has 0 spiro atoms. The number of rotatable bonds is 2. The van der Waals surface area contributed by atoms with Crippen molar-refractivity contribution in [2.45, 2.75) is 0 Å². The van der Waals surface area contributed by atoms with Crippen molar-refractivity contribution in [2.24, 2.45) is 5.73 Å². The van der Waals surface area contributed by atoms with Gasteiger partial charge in [-0.25, -0.2) is 0 Å². The van der Waals surface area contributed by atoms with Gasteiger partial charge in [0, 0.05) is 27.5 Å². The fourth-order valence-electron chi connectivity index (χ4n) is 0.141. The van der Waals surface area contributed by atoms with E-state index in [1.165, 1.54) is 11.8 Å². The second-order valence-corrected chi connectivity index (χ2v) is 2.68. The first-order valence-electron chi connectivity index (χ1n) is 1.80. The molecule has 0 aromatic carbocycles. The quantitative estimate of drug-likeness (QED) is 0.393. The normalized spacial score (nSPS) is 7.00. The molecule has 0 aromatic heterocycles. The first kappa shape index (κ1) is 11.5. The summed E-state index contributed by atoms with van der Waals surface area (Å²) in [6.45, 7) is 3.50. The number of thioether (sulfide) groups is 1. The second kappa shape index (κ2) is 7.69. The Labute approximate surface area is 74.0 Å². The maximum absolute atomic E-state index is 5.13. The summed E-state index contributed by atoms with van der Waals surface area (Å²) in [5, 5.41) is 0. The summed E-state index contributed by atoms with van der Waals surface area (Å²) < 4.78 is 0.486. The van der Waals surface area contributed by atoms with E-state index < -0.39 is 0 Å². The van der Waals surface area contributed by atoms with Crippen molar-refractivity contribution in [1.29, 1.82) is 0 Å². The molecule has 2 N–H and O–H groups in total. The second-order valence-electron chi connectivity index (χ2n) is 0.919. The van der Waals surface area contributed by atoms with Gasteiger partial charge in [-0.3, -0.25) is 0 Å². The third-order valence-electron chi connectivity index (χ3n) is 0.343. The van der Waals surface area contributed by atoms with Crippen LogP contribution >= 0.6 is 24.0 Å². The number of nitrogens with two attached hydrogens (primary N) is 1. The van der Waals surface area contributed by atoms with Gasteiger partial charge < -0.3 is 5.73 Å². The Bertz CT molecular complexity index is 84.1. The molecule has 0 bridgehead atoms. The minimum absolute atomic E-state index is 0. The van der Waals surface area contributed by atoms with Gasteiger partial charge in [-0.1, -0.05) is 30.1 Å². The van der Waals surface area contributed by atoms with Gasteiger partial charge >= 0.3 is 0 Å². The van der Waals surface area contributed by atoms with E-state index in [9.17, 15) is 0 Å². The van der Waals surface area contributed by atoms with Crippen LogP contribution in [-0.2, 0) is 21.7 Å². The van der Waals surface area contributed by atoms with Crippen LogP contribution in [0.3, 0.4) is 0 Å². The van der Waals surface area contributed by atoms with Crippen molar-refractivity contribution in [1.82, 2.24) is 0 Å². The summed E-state index contributed by atoms with van der Waals surface area (Å²) in [5.74, 6) is 0.815. The van der Waals surface area contributed by atoms with Crippen molar-refractivity contribution in [2.75, 3.05) is 5.75 Å². The topological polar surface area (TPSA) is 26.0 Å². The van der Waals surface area contributed by atoms with Crippen LogP contribution in [0, 0.1) is 0 Å². The Morgan fingerprint density at radius 1 is 1.88 bits per heavy atom. The SMILES string of the molecule is C=CCSC(N)=S.[Ti]. The van der Waals surface area contributed by atoms with Gasteiger partial charge in [-0.05, 0) is 0 Å². The maximum atomic E-state index is 5.13. The molecule has 0 aliphatic carbocycles. The van der Waals surface area contributed by atoms with Gasteiger partial charge in [0.2, 0.25) is 0 Å². The standard InChI is InChI=1S/C4H7NS2.Ti/c1-2-3-7-4(5)6;/h2H,1,3H2,(H2,5,6);. The number of thiocarbonyl (C=S) groups is 1. The van der Waals surface area contributed by atoms with Crippen LogP contribution in [0.5, 0.6) is 0 Å². The minimum atomic E-state index is 0. The van der Waals surface area contributed by atoms with E-state index in [0.29, 0.717) is 4.32 Å². The van der Waals surface area contributed by atoms with Crippen molar-refractivity contribution in [3.63, 3.8) is 0 Å². The van der Waals surface area contributed by atoms with Gasteiger partial charge in [-0.15, -0.1) is 6.58 Å². The van der Waals surface area contributed by atoms with Crippen LogP contribution in [0.25, 0.3) is 0 Å². The zero-order valence-electron chi connectivity index (χ0n) is 4.39. The minimum Gasteiger partial charge on any atom is -0.385 e. The molecule has 0 aromatic rings. The van der Waals surface area contributed by atoms with Gasteiger partial charge in [-0.2, -0.15) is 0 Å². The van der Waals surface area contributed by atoms with Crippen LogP contribution in [0.2, 0.25) is 0 Å². The molecule has 4 heteroatoms. The molecule has 0 unspecified atom stereocenters. The Balaban J connectivity index is 0. The smallest absolute Gasteiger partial charge is 0.131 e. The molecule has 0 atom stereocenters. The molecule has 0 saturated carbocycles. The van der Waals surface area contributed by atoms with Crippen LogP contribution in [0.1, 0.15) is 0 Å². The van der Waals surface area contributed by atoms with Crippen molar-refractivity contribution in [3.05, 3.63) is 12.7 Å². The van der Waals surface area contributed by atoms with Crippen LogP contribution < -0.4 is 5.73 Å². The van der Waals surface area contributed by atoms with Crippen LogP contribution in [-0.4, -0.2) is 10.1 Å². The van der Waals surface area contributed by atoms with Gasteiger partial charge in [0.05, 0.1) is 0 Å². The predicted molar refractivity (Wildman–Crippen MR) is 39.4 cm³/mol. The average molecular weight is 181 g/mol. The molecule has 0 fully saturated rings. The molecule has 0 aliphatic rings. The van der Waals surface area contributed by atoms with Gasteiger partial charge in [0.1, 0.15) is 4.32 Å². The van der Waals surface area contributed by atoms with E-state index in [2.05, 4.69) is 18.8 Å². The molecule has 1 nitrogen and oxygen atoms in total. The van der Waals surface area contributed by atoms with E-state index >= 15 is 0 Å². The third-order valence-corrected chi connectivity index (χ3v) is 1.38. The molecule has 0 radical (unpaired) electrons. The molecular weight excluding hydrogens is 174 g/mol. The molecule has 0 aliphatic heterocycles. The largest absolute Gasteiger partial charge is 0.385 e. The Morgan fingerprint density at radius 2 is 2.38 bits per heavy atom. The van der Waals surface area contributed by atoms with Crippen LogP contribution in [0.15, 0.2) is 12.7 Å². The van der Waals surface area contributed by atoms with Crippen molar-refractivity contribution in [3.8, 4) is 0 Å². The molecular formula is C4H7NS2Ti. The molecule has 8 heavy (non-hydrogen) atoms. The molecule has 0 heterocycles. The third kappa shape index (κ3) is 9.85. The summed E-state index contributed by atoms with van der Waals surface area (Å²) in [4.78, 5) is 0. The Morgan fingerprint density at radius 3 is 2.50 bits per heavy atom. The molecule has 0 rings (SSSR count). The molecule has 44 valence electrons. The summed E-state index contributed by atoms with van der Waals surface area (Å²) >= 11 is 5.98. The monoisotopic (exact) mass is 181 g/mol. The summed E-state index contributed by atoms with van der Waals surface area (Å²) in [6.07, 6.45) is 1.77. The summed E-state index contributed by atoms with van der Waals surface area (Å²) in [6, 6.07) is 0. The van der Waals surface area contributed by atoms with E-state index in [-0.39, 0.29) is 21.7 Å². The van der Waals surface area contributed by atoms with E-state index in [4.69, 9.17) is 5.73 Å². The van der Waals surface area contributed by atoms with Gasteiger partial charge in [0.15, 0.2) is 0 Å². The number of hydrogen-bond acceptors (Lipinski definition) is 2. The average Bonchev–Trinajstić information content (AvgIpc) is 1.61. The van der Waals surface area contributed by atoms with Crippen LogP contribution in [0.4, 0.5) is 0 Å². The zero-order chi connectivity index (χ0) is 5.70. The maximum Gasteiger partial charge on any atom is 0.131 e. The first-order chi connectivity index (χ1) is 3.27. The van der Waals surface area contributed by atoms with E-state index in [1.807, 2.05) is 0 Å². The zero-order valence-corrected chi connectivity index (χ0v) is 7.58. The Hall–Kier alpha value is 0.694. The Kier molecular flexibility index (Phi) is 11.0. The molecule has 0 amide bonds. The molecule has 0 saturated heterocycles. The summed E-state index contributed by atoms with van der Waals surface area (Å²) in [7, 11) is 0.